The molecule has 3 aromatic rings. The largest absolute Gasteiger partial charge is 0.478 e. The molecule has 1 N–H and O–H groups in total. The molecule has 0 spiro atoms. The molecule has 3 aromatic heterocycles. The molecule has 1 atom stereocenters. The molecule has 7 heteroatoms. The van der Waals surface area contributed by atoms with Gasteiger partial charge in [0, 0.05) is 41.7 Å². The van der Waals surface area contributed by atoms with E-state index in [2.05, 4.69) is 4.98 Å². The standard InChI is InChI=1S/C20H21N3O3S/c1-12-5-6-14(9-21-12)19-22-17(11-27-19)18-8-16(20(24)25)13(2)23(18)10-15-4-3-7-26-15/h5-6,8-9,11,15H,3-4,7,10H2,1-2H3,(H,24,25). The number of aromatic nitrogens is 3. The third-order valence-corrected chi connectivity index (χ3v) is 5.82. The van der Waals surface area contributed by atoms with Crippen LogP contribution in [0.2, 0.25) is 0 Å². The maximum atomic E-state index is 11.6. The number of carboxylic acid groups (broad SMARTS) is 1. The first kappa shape index (κ1) is 17.9. The summed E-state index contributed by atoms with van der Waals surface area (Å²) in [6.45, 7) is 5.21. The maximum Gasteiger partial charge on any atom is 0.337 e. The van der Waals surface area contributed by atoms with E-state index in [4.69, 9.17) is 9.72 Å². The molecular weight excluding hydrogens is 362 g/mol. The molecule has 0 radical (unpaired) electrons. The highest BCUT2D eigenvalue weighted by molar-refractivity contribution is 7.13. The summed E-state index contributed by atoms with van der Waals surface area (Å²) in [5.41, 5.74) is 4.58. The number of aromatic carboxylic acids is 1. The molecule has 27 heavy (non-hydrogen) atoms. The molecule has 140 valence electrons. The van der Waals surface area contributed by atoms with Crippen LogP contribution in [0.25, 0.3) is 22.0 Å². The van der Waals surface area contributed by atoms with Crippen molar-refractivity contribution in [2.45, 2.75) is 39.3 Å². The molecule has 1 aliphatic rings. The Labute approximate surface area is 161 Å². The lowest BCUT2D eigenvalue weighted by Crippen LogP contribution is -2.17. The summed E-state index contributed by atoms with van der Waals surface area (Å²) in [5.74, 6) is -0.918. The van der Waals surface area contributed by atoms with E-state index < -0.39 is 5.97 Å². The van der Waals surface area contributed by atoms with Gasteiger partial charge in [0.25, 0.3) is 0 Å². The topological polar surface area (TPSA) is 77.2 Å². The smallest absolute Gasteiger partial charge is 0.337 e. The number of hydrogen-bond acceptors (Lipinski definition) is 5. The van der Waals surface area contributed by atoms with Gasteiger partial charge in [-0.2, -0.15) is 0 Å². The van der Waals surface area contributed by atoms with Crippen LogP contribution in [0.1, 0.15) is 34.6 Å². The second-order valence-electron chi connectivity index (χ2n) is 6.81. The van der Waals surface area contributed by atoms with E-state index in [1.54, 1.807) is 6.07 Å². The van der Waals surface area contributed by atoms with Crippen LogP contribution in [0.3, 0.4) is 0 Å². The van der Waals surface area contributed by atoms with Crippen LogP contribution in [0.5, 0.6) is 0 Å². The second kappa shape index (κ2) is 7.25. The Hall–Kier alpha value is -2.51. The molecule has 0 aromatic carbocycles. The SMILES string of the molecule is Cc1ccc(-c2nc(-c3cc(C(=O)O)c(C)n3CC3CCCO3)cs2)cn1. The van der Waals surface area contributed by atoms with Gasteiger partial charge in [-0.1, -0.05) is 0 Å². The van der Waals surface area contributed by atoms with Crippen LogP contribution in [0.4, 0.5) is 0 Å². The molecule has 4 heterocycles. The first-order chi connectivity index (χ1) is 13.0. The summed E-state index contributed by atoms with van der Waals surface area (Å²) in [4.78, 5) is 20.7. The highest BCUT2D eigenvalue weighted by atomic mass is 32.1. The minimum Gasteiger partial charge on any atom is -0.478 e. The molecule has 0 amide bonds. The fraction of sp³-hybridized carbons (Fsp3) is 0.350. The lowest BCUT2D eigenvalue weighted by molar-refractivity contribution is 0.0694. The van der Waals surface area contributed by atoms with E-state index in [1.165, 1.54) is 11.3 Å². The van der Waals surface area contributed by atoms with Crippen molar-refractivity contribution < 1.29 is 14.6 Å². The van der Waals surface area contributed by atoms with Crippen LogP contribution < -0.4 is 0 Å². The zero-order chi connectivity index (χ0) is 19.0. The van der Waals surface area contributed by atoms with Crippen LogP contribution >= 0.6 is 11.3 Å². The molecule has 0 aliphatic carbocycles. The van der Waals surface area contributed by atoms with Gasteiger partial charge >= 0.3 is 5.97 Å². The summed E-state index contributed by atoms with van der Waals surface area (Å²) in [6.07, 6.45) is 3.98. The molecule has 0 bridgehead atoms. The normalized spacial score (nSPS) is 16.7. The quantitative estimate of drug-likeness (QED) is 0.716. The summed E-state index contributed by atoms with van der Waals surface area (Å²) in [5, 5.41) is 12.4. The molecule has 1 fully saturated rings. The van der Waals surface area contributed by atoms with Gasteiger partial charge in [-0.05, 0) is 44.9 Å². The number of pyridine rings is 1. The second-order valence-corrected chi connectivity index (χ2v) is 7.66. The van der Waals surface area contributed by atoms with Gasteiger partial charge in [0.1, 0.15) is 5.01 Å². The lowest BCUT2D eigenvalue weighted by atomic mass is 10.2. The van der Waals surface area contributed by atoms with Crippen LogP contribution in [-0.2, 0) is 11.3 Å². The first-order valence-corrected chi connectivity index (χ1v) is 9.85. The maximum absolute atomic E-state index is 11.6. The Morgan fingerprint density at radius 1 is 1.41 bits per heavy atom. The number of rotatable bonds is 5. The number of hydrogen-bond donors (Lipinski definition) is 1. The monoisotopic (exact) mass is 383 g/mol. The van der Waals surface area contributed by atoms with Crippen LogP contribution in [0, 0.1) is 13.8 Å². The zero-order valence-electron chi connectivity index (χ0n) is 15.3. The van der Waals surface area contributed by atoms with Gasteiger partial charge in [0.2, 0.25) is 0 Å². The molecule has 6 nitrogen and oxygen atoms in total. The lowest BCUT2D eigenvalue weighted by Gasteiger charge is -2.15. The van der Waals surface area contributed by atoms with E-state index in [0.717, 1.165) is 52.8 Å². The van der Waals surface area contributed by atoms with Crippen LogP contribution in [-0.4, -0.2) is 38.3 Å². The van der Waals surface area contributed by atoms with Gasteiger partial charge < -0.3 is 14.4 Å². The molecule has 1 unspecified atom stereocenters. The summed E-state index contributed by atoms with van der Waals surface area (Å²) in [6, 6.07) is 5.69. The fourth-order valence-corrected chi connectivity index (χ4v) is 4.22. The number of carbonyl (C=O) groups is 1. The third kappa shape index (κ3) is 3.52. The van der Waals surface area contributed by atoms with E-state index in [1.807, 2.05) is 42.1 Å². The molecular formula is C20H21N3O3S. The average Bonchev–Trinajstić information content (AvgIpc) is 3.38. The number of thiazole rings is 1. The van der Waals surface area contributed by atoms with Crippen molar-refractivity contribution >= 4 is 17.3 Å². The Kier molecular flexibility index (Phi) is 4.80. The van der Waals surface area contributed by atoms with Gasteiger partial charge in [-0.15, -0.1) is 11.3 Å². The van der Waals surface area contributed by atoms with Crippen molar-refractivity contribution in [2.24, 2.45) is 0 Å². The van der Waals surface area contributed by atoms with Crippen molar-refractivity contribution in [3.8, 4) is 22.0 Å². The molecule has 1 aliphatic heterocycles. The van der Waals surface area contributed by atoms with E-state index in [-0.39, 0.29) is 6.10 Å². The number of nitrogens with zero attached hydrogens (tertiary/aromatic N) is 3. The highest BCUT2D eigenvalue weighted by Crippen LogP contribution is 2.32. The van der Waals surface area contributed by atoms with Crippen molar-refractivity contribution in [3.63, 3.8) is 0 Å². The Morgan fingerprint density at radius 2 is 2.26 bits per heavy atom. The highest BCUT2D eigenvalue weighted by Gasteiger charge is 2.24. The van der Waals surface area contributed by atoms with Gasteiger partial charge in [0.15, 0.2) is 0 Å². The average molecular weight is 383 g/mol. The minimum absolute atomic E-state index is 0.121. The van der Waals surface area contributed by atoms with Crippen LogP contribution in [0.15, 0.2) is 29.8 Å². The predicted molar refractivity (Wildman–Crippen MR) is 104 cm³/mol. The number of ether oxygens (including phenoxy) is 1. The van der Waals surface area contributed by atoms with Crippen molar-refractivity contribution in [1.29, 1.82) is 0 Å². The van der Waals surface area contributed by atoms with Gasteiger partial charge in [-0.25, -0.2) is 9.78 Å². The Bertz CT molecular complexity index is 969. The van der Waals surface area contributed by atoms with E-state index in [9.17, 15) is 9.90 Å². The van der Waals surface area contributed by atoms with E-state index >= 15 is 0 Å². The first-order valence-electron chi connectivity index (χ1n) is 8.97. The van der Waals surface area contributed by atoms with Crippen molar-refractivity contribution in [1.82, 2.24) is 14.5 Å². The molecule has 1 saturated heterocycles. The summed E-state index contributed by atoms with van der Waals surface area (Å²) >= 11 is 1.54. The predicted octanol–water partition coefficient (Wildman–Crippen LogP) is 4.17. The zero-order valence-corrected chi connectivity index (χ0v) is 16.1. The minimum atomic E-state index is -0.918. The summed E-state index contributed by atoms with van der Waals surface area (Å²) < 4.78 is 7.80. The van der Waals surface area contributed by atoms with E-state index in [0.29, 0.717) is 12.1 Å². The molecule has 4 rings (SSSR count). The molecule has 0 saturated carbocycles. The fourth-order valence-electron chi connectivity index (χ4n) is 3.42. The van der Waals surface area contributed by atoms with Crippen molar-refractivity contribution in [3.05, 3.63) is 46.7 Å². The third-order valence-electron chi connectivity index (χ3n) is 4.93. The summed E-state index contributed by atoms with van der Waals surface area (Å²) in [7, 11) is 0. The number of aryl methyl sites for hydroxylation is 1. The van der Waals surface area contributed by atoms with Crippen molar-refractivity contribution in [2.75, 3.05) is 6.61 Å². The Morgan fingerprint density at radius 3 is 2.93 bits per heavy atom. The number of carboxylic acids is 1. The van der Waals surface area contributed by atoms with Gasteiger partial charge in [-0.3, -0.25) is 4.98 Å². The Balaban J connectivity index is 1.73. The van der Waals surface area contributed by atoms with Gasteiger partial charge in [0.05, 0.1) is 23.1 Å².